The molecule has 1 aliphatic heterocycles. The SMILES string of the molecule is Cc1nc(COc2ccc(C(=O)OC(C)C(=O)N3CCC(C)CC3)cc2)no1. The number of carbonyl (C=O) groups excluding carboxylic acids is 2. The molecular formula is C20H25N3O5. The van der Waals surface area contributed by atoms with Crippen molar-refractivity contribution in [2.45, 2.75) is 46.3 Å². The van der Waals surface area contributed by atoms with E-state index in [4.69, 9.17) is 14.0 Å². The fourth-order valence-electron chi connectivity index (χ4n) is 3.00. The molecule has 150 valence electrons. The number of hydrogen-bond donors (Lipinski definition) is 0. The van der Waals surface area contributed by atoms with Crippen LogP contribution < -0.4 is 4.74 Å². The van der Waals surface area contributed by atoms with E-state index < -0.39 is 12.1 Å². The number of carbonyl (C=O) groups is 2. The summed E-state index contributed by atoms with van der Waals surface area (Å²) in [6.07, 6.45) is 1.16. The van der Waals surface area contributed by atoms with Crippen molar-refractivity contribution in [3.05, 3.63) is 41.5 Å². The van der Waals surface area contributed by atoms with Crippen LogP contribution in [0, 0.1) is 12.8 Å². The standard InChI is InChI=1S/C20H25N3O5/c1-13-8-10-23(11-9-13)19(24)14(2)27-20(25)16-4-6-17(7-5-16)26-12-18-21-15(3)28-22-18/h4-7,13-14H,8-12H2,1-3H3. The first-order chi connectivity index (χ1) is 13.4. The molecule has 0 aliphatic carbocycles. The number of hydrogen-bond acceptors (Lipinski definition) is 7. The lowest BCUT2D eigenvalue weighted by Gasteiger charge is -2.31. The molecule has 0 N–H and O–H groups in total. The van der Waals surface area contributed by atoms with Gasteiger partial charge in [-0.2, -0.15) is 4.98 Å². The van der Waals surface area contributed by atoms with Gasteiger partial charge in [0.15, 0.2) is 12.7 Å². The molecule has 1 atom stereocenters. The van der Waals surface area contributed by atoms with E-state index in [0.717, 1.165) is 12.8 Å². The molecule has 1 fully saturated rings. The Balaban J connectivity index is 1.50. The van der Waals surface area contributed by atoms with Crippen LogP contribution in [0.3, 0.4) is 0 Å². The van der Waals surface area contributed by atoms with Gasteiger partial charge in [0.05, 0.1) is 5.56 Å². The molecule has 28 heavy (non-hydrogen) atoms. The van der Waals surface area contributed by atoms with Gasteiger partial charge in [0.1, 0.15) is 5.75 Å². The van der Waals surface area contributed by atoms with Crippen LogP contribution in [0.4, 0.5) is 0 Å². The Kier molecular flexibility index (Phi) is 6.28. The maximum atomic E-state index is 12.5. The third-order valence-electron chi connectivity index (χ3n) is 4.75. The zero-order chi connectivity index (χ0) is 20.1. The largest absolute Gasteiger partial charge is 0.485 e. The molecule has 8 heteroatoms. The third-order valence-corrected chi connectivity index (χ3v) is 4.75. The summed E-state index contributed by atoms with van der Waals surface area (Å²) in [5, 5.41) is 3.75. The highest BCUT2D eigenvalue weighted by Crippen LogP contribution is 2.18. The van der Waals surface area contributed by atoms with E-state index in [2.05, 4.69) is 17.1 Å². The quantitative estimate of drug-likeness (QED) is 0.703. The van der Waals surface area contributed by atoms with E-state index in [1.54, 1.807) is 43.0 Å². The predicted molar refractivity (Wildman–Crippen MR) is 99.7 cm³/mol. The van der Waals surface area contributed by atoms with Crippen LogP contribution in [0.25, 0.3) is 0 Å². The van der Waals surface area contributed by atoms with E-state index in [0.29, 0.717) is 42.0 Å². The van der Waals surface area contributed by atoms with Gasteiger partial charge >= 0.3 is 5.97 Å². The van der Waals surface area contributed by atoms with Gasteiger partial charge in [-0.1, -0.05) is 12.1 Å². The Bertz CT molecular complexity index is 810. The molecular weight excluding hydrogens is 362 g/mol. The third kappa shape index (κ3) is 5.09. The number of aryl methyl sites for hydroxylation is 1. The highest BCUT2D eigenvalue weighted by Gasteiger charge is 2.27. The normalized spacial score (nSPS) is 15.9. The summed E-state index contributed by atoms with van der Waals surface area (Å²) in [6.45, 7) is 7.10. The molecule has 1 aromatic heterocycles. The molecule has 1 amide bonds. The average molecular weight is 387 g/mol. The first-order valence-corrected chi connectivity index (χ1v) is 9.44. The Morgan fingerprint density at radius 3 is 2.54 bits per heavy atom. The van der Waals surface area contributed by atoms with E-state index in [9.17, 15) is 9.59 Å². The molecule has 0 saturated carbocycles. The number of aromatic nitrogens is 2. The van der Waals surface area contributed by atoms with Gasteiger partial charge in [0.25, 0.3) is 5.91 Å². The minimum Gasteiger partial charge on any atom is -0.485 e. The van der Waals surface area contributed by atoms with Crippen molar-refractivity contribution >= 4 is 11.9 Å². The van der Waals surface area contributed by atoms with Crippen LogP contribution in [0.5, 0.6) is 5.75 Å². The number of amides is 1. The van der Waals surface area contributed by atoms with Crippen molar-refractivity contribution in [3.8, 4) is 5.75 Å². The van der Waals surface area contributed by atoms with Gasteiger partial charge in [-0.3, -0.25) is 4.79 Å². The topological polar surface area (TPSA) is 94.8 Å². The Labute approximate surface area is 163 Å². The monoisotopic (exact) mass is 387 g/mol. The Hall–Kier alpha value is -2.90. The van der Waals surface area contributed by atoms with Crippen molar-refractivity contribution in [1.82, 2.24) is 15.0 Å². The second-order valence-corrected chi connectivity index (χ2v) is 7.10. The smallest absolute Gasteiger partial charge is 0.338 e. The molecule has 2 aromatic rings. The van der Waals surface area contributed by atoms with Crippen LogP contribution in [-0.4, -0.2) is 46.1 Å². The van der Waals surface area contributed by atoms with Gasteiger partial charge in [0, 0.05) is 20.0 Å². The summed E-state index contributed by atoms with van der Waals surface area (Å²) in [5.74, 6) is 1.43. The summed E-state index contributed by atoms with van der Waals surface area (Å²) in [7, 11) is 0. The molecule has 0 spiro atoms. The first-order valence-electron chi connectivity index (χ1n) is 9.44. The van der Waals surface area contributed by atoms with E-state index in [1.807, 2.05) is 0 Å². The van der Waals surface area contributed by atoms with Crippen molar-refractivity contribution in [2.24, 2.45) is 5.92 Å². The summed E-state index contributed by atoms with van der Waals surface area (Å²) < 4.78 is 15.8. The maximum Gasteiger partial charge on any atom is 0.338 e. The van der Waals surface area contributed by atoms with Crippen LogP contribution in [0.2, 0.25) is 0 Å². The van der Waals surface area contributed by atoms with Gasteiger partial charge in [0.2, 0.25) is 11.7 Å². The van der Waals surface area contributed by atoms with Gasteiger partial charge < -0.3 is 18.9 Å². The summed E-state index contributed by atoms with van der Waals surface area (Å²) >= 11 is 0. The predicted octanol–water partition coefficient (Wildman–Crippen LogP) is 2.76. The first kappa shape index (κ1) is 19.9. The van der Waals surface area contributed by atoms with E-state index >= 15 is 0 Å². The molecule has 1 unspecified atom stereocenters. The van der Waals surface area contributed by atoms with Crippen LogP contribution in [0.15, 0.2) is 28.8 Å². The minimum absolute atomic E-state index is 0.143. The molecule has 8 nitrogen and oxygen atoms in total. The number of piperidine rings is 1. The molecule has 1 aromatic carbocycles. The number of rotatable bonds is 6. The van der Waals surface area contributed by atoms with Crippen LogP contribution in [-0.2, 0) is 16.1 Å². The lowest BCUT2D eigenvalue weighted by Crippen LogP contribution is -2.44. The van der Waals surface area contributed by atoms with Crippen LogP contribution in [0.1, 0.15) is 48.8 Å². The van der Waals surface area contributed by atoms with Gasteiger partial charge in [-0.25, -0.2) is 4.79 Å². The number of benzene rings is 1. The van der Waals surface area contributed by atoms with Crippen molar-refractivity contribution in [2.75, 3.05) is 13.1 Å². The minimum atomic E-state index is -0.807. The highest BCUT2D eigenvalue weighted by atomic mass is 16.5. The van der Waals surface area contributed by atoms with E-state index in [1.165, 1.54) is 0 Å². The van der Waals surface area contributed by atoms with Crippen LogP contribution >= 0.6 is 0 Å². The number of ether oxygens (including phenoxy) is 2. The fraction of sp³-hybridized carbons (Fsp3) is 0.500. The molecule has 0 bridgehead atoms. The second-order valence-electron chi connectivity index (χ2n) is 7.10. The van der Waals surface area contributed by atoms with Gasteiger partial charge in [-0.05, 0) is 49.9 Å². The number of esters is 1. The second kappa shape index (κ2) is 8.86. The van der Waals surface area contributed by atoms with E-state index in [-0.39, 0.29) is 12.5 Å². The summed E-state index contributed by atoms with van der Waals surface area (Å²) in [4.78, 5) is 30.6. The fourth-order valence-corrected chi connectivity index (χ4v) is 3.00. The number of nitrogens with zero attached hydrogens (tertiary/aromatic N) is 3. The molecule has 1 aliphatic rings. The molecule has 2 heterocycles. The molecule has 1 saturated heterocycles. The zero-order valence-electron chi connectivity index (χ0n) is 16.4. The van der Waals surface area contributed by atoms with Crippen molar-refractivity contribution in [1.29, 1.82) is 0 Å². The van der Waals surface area contributed by atoms with Crippen molar-refractivity contribution in [3.63, 3.8) is 0 Å². The molecule has 3 rings (SSSR count). The zero-order valence-corrected chi connectivity index (χ0v) is 16.4. The maximum absolute atomic E-state index is 12.5. The summed E-state index contributed by atoms with van der Waals surface area (Å²) in [6, 6.07) is 6.50. The van der Waals surface area contributed by atoms with Gasteiger partial charge in [-0.15, -0.1) is 0 Å². The lowest BCUT2D eigenvalue weighted by molar-refractivity contribution is -0.141. The Morgan fingerprint density at radius 2 is 1.93 bits per heavy atom. The van der Waals surface area contributed by atoms with Crippen molar-refractivity contribution < 1.29 is 23.6 Å². The highest BCUT2D eigenvalue weighted by molar-refractivity contribution is 5.92. The summed E-state index contributed by atoms with van der Waals surface area (Å²) in [5.41, 5.74) is 0.356. The number of likely N-dealkylation sites (tertiary alicyclic amines) is 1. The average Bonchev–Trinajstić information content (AvgIpc) is 3.12. The lowest BCUT2D eigenvalue weighted by atomic mass is 9.99. The molecule has 0 radical (unpaired) electrons. The Morgan fingerprint density at radius 1 is 1.25 bits per heavy atom.